The van der Waals surface area contributed by atoms with Gasteiger partial charge in [0.05, 0.1) is 11.1 Å². The predicted octanol–water partition coefficient (Wildman–Crippen LogP) is 3.72. The number of aromatic nitrogens is 1. The highest BCUT2D eigenvalue weighted by Gasteiger charge is 2.30. The Morgan fingerprint density at radius 3 is 2.90 bits per heavy atom. The molecular weight excluding hydrogens is 250 g/mol. The molecule has 1 aromatic heterocycles. The highest BCUT2D eigenvalue weighted by atomic mass is 16.5. The molecule has 1 fully saturated rings. The van der Waals surface area contributed by atoms with Crippen molar-refractivity contribution >= 4 is 17.2 Å². The van der Waals surface area contributed by atoms with Crippen molar-refractivity contribution in [1.82, 2.24) is 4.98 Å². The summed E-state index contributed by atoms with van der Waals surface area (Å²) in [5.74, 6) is 0.453. The maximum Gasteiger partial charge on any atom is 0.150 e. The Bertz CT molecular complexity index is 648. The second kappa shape index (κ2) is 4.98. The molecule has 104 valence electrons. The minimum absolute atomic E-state index is 0.0685. The molecule has 2 heterocycles. The lowest BCUT2D eigenvalue weighted by Gasteiger charge is -2.35. The van der Waals surface area contributed by atoms with Gasteiger partial charge in [-0.05, 0) is 51.0 Å². The van der Waals surface area contributed by atoms with E-state index in [1.54, 1.807) is 0 Å². The normalized spacial score (nSPS) is 21.8. The van der Waals surface area contributed by atoms with Gasteiger partial charge in [0.1, 0.15) is 6.29 Å². The molecule has 0 spiro atoms. The minimum Gasteiger partial charge on any atom is -0.376 e. The number of nitrogens with zero attached hydrogens (tertiary/aromatic N) is 1. The average molecular weight is 269 g/mol. The summed E-state index contributed by atoms with van der Waals surface area (Å²) in [5.41, 5.74) is 2.71. The summed E-state index contributed by atoms with van der Waals surface area (Å²) < 4.78 is 5.77. The van der Waals surface area contributed by atoms with Crippen molar-refractivity contribution < 1.29 is 9.53 Å². The fraction of sp³-hybridized carbons (Fsp3) is 0.412. The molecule has 0 amide bonds. The highest BCUT2D eigenvalue weighted by Crippen LogP contribution is 2.35. The van der Waals surface area contributed by atoms with Gasteiger partial charge in [-0.2, -0.15) is 0 Å². The first-order valence-corrected chi connectivity index (χ1v) is 7.07. The second-order valence-corrected chi connectivity index (χ2v) is 6.10. The monoisotopic (exact) mass is 269 g/mol. The van der Waals surface area contributed by atoms with Gasteiger partial charge in [-0.15, -0.1) is 0 Å². The summed E-state index contributed by atoms with van der Waals surface area (Å²) in [6, 6.07) is 9.77. The van der Waals surface area contributed by atoms with Gasteiger partial charge in [0.25, 0.3) is 0 Å². The molecule has 0 saturated carbocycles. The quantitative estimate of drug-likeness (QED) is 0.780. The van der Waals surface area contributed by atoms with Crippen molar-refractivity contribution in [2.24, 2.45) is 0 Å². The van der Waals surface area contributed by atoms with Crippen molar-refractivity contribution in [3.63, 3.8) is 0 Å². The van der Waals surface area contributed by atoms with Gasteiger partial charge < -0.3 is 4.74 Å². The molecule has 1 aromatic carbocycles. The van der Waals surface area contributed by atoms with E-state index in [1.165, 1.54) is 0 Å². The summed E-state index contributed by atoms with van der Waals surface area (Å²) in [5, 5.41) is 1.02. The number of pyridine rings is 1. The van der Waals surface area contributed by atoms with Crippen LogP contribution < -0.4 is 0 Å². The van der Waals surface area contributed by atoms with Gasteiger partial charge >= 0.3 is 0 Å². The van der Waals surface area contributed by atoms with E-state index in [2.05, 4.69) is 26.0 Å². The smallest absolute Gasteiger partial charge is 0.150 e. The standard InChI is InChI=1S/C17H19NO2/c1-17(2)10-14(7-8-20-17)16-6-4-13-9-12(11-19)3-5-15(13)18-16/h3-6,9,11,14H,7-8,10H2,1-2H3. The first-order valence-electron chi connectivity index (χ1n) is 7.07. The van der Waals surface area contributed by atoms with Crippen LogP contribution >= 0.6 is 0 Å². The number of fused-ring (bicyclic) bond motifs is 1. The van der Waals surface area contributed by atoms with Gasteiger partial charge in [0.15, 0.2) is 0 Å². The zero-order valence-electron chi connectivity index (χ0n) is 11.9. The lowest BCUT2D eigenvalue weighted by atomic mass is 9.86. The molecular formula is C17H19NO2. The molecule has 0 N–H and O–H groups in total. The predicted molar refractivity (Wildman–Crippen MR) is 79.1 cm³/mol. The van der Waals surface area contributed by atoms with Crippen LogP contribution in [0, 0.1) is 0 Å². The van der Waals surface area contributed by atoms with Crippen LogP contribution in [0.5, 0.6) is 0 Å². The largest absolute Gasteiger partial charge is 0.376 e. The van der Waals surface area contributed by atoms with Crippen molar-refractivity contribution in [1.29, 1.82) is 0 Å². The van der Waals surface area contributed by atoms with Crippen LogP contribution in [-0.4, -0.2) is 23.5 Å². The second-order valence-electron chi connectivity index (χ2n) is 6.10. The van der Waals surface area contributed by atoms with E-state index in [1.807, 2.05) is 18.2 Å². The number of hydrogen-bond donors (Lipinski definition) is 0. The molecule has 2 aromatic rings. The van der Waals surface area contributed by atoms with E-state index in [0.717, 1.165) is 42.3 Å². The van der Waals surface area contributed by atoms with Crippen LogP contribution in [0.25, 0.3) is 10.9 Å². The highest BCUT2D eigenvalue weighted by molar-refractivity contribution is 5.86. The van der Waals surface area contributed by atoms with Gasteiger partial charge in [-0.25, -0.2) is 0 Å². The Morgan fingerprint density at radius 1 is 1.30 bits per heavy atom. The van der Waals surface area contributed by atoms with Crippen LogP contribution in [0.1, 0.15) is 48.7 Å². The van der Waals surface area contributed by atoms with Crippen LogP contribution in [0.2, 0.25) is 0 Å². The topological polar surface area (TPSA) is 39.2 Å². The van der Waals surface area contributed by atoms with Crippen LogP contribution in [-0.2, 0) is 4.74 Å². The van der Waals surface area contributed by atoms with Gasteiger partial charge in [0.2, 0.25) is 0 Å². The Hall–Kier alpha value is -1.74. The van der Waals surface area contributed by atoms with E-state index in [4.69, 9.17) is 9.72 Å². The summed E-state index contributed by atoms with van der Waals surface area (Å²) in [6.07, 6.45) is 2.89. The molecule has 0 radical (unpaired) electrons. The molecule has 1 saturated heterocycles. The molecule has 3 rings (SSSR count). The maximum atomic E-state index is 10.8. The van der Waals surface area contributed by atoms with E-state index in [9.17, 15) is 4.79 Å². The molecule has 3 heteroatoms. The lowest BCUT2D eigenvalue weighted by molar-refractivity contribution is -0.0597. The van der Waals surface area contributed by atoms with Crippen molar-refractivity contribution in [2.75, 3.05) is 6.61 Å². The third-order valence-corrected chi connectivity index (χ3v) is 3.99. The fourth-order valence-corrected chi connectivity index (χ4v) is 2.94. The van der Waals surface area contributed by atoms with Crippen LogP contribution in [0.3, 0.4) is 0 Å². The van der Waals surface area contributed by atoms with Crippen molar-refractivity contribution in [3.05, 3.63) is 41.6 Å². The number of aldehydes is 1. The third-order valence-electron chi connectivity index (χ3n) is 3.99. The molecule has 1 aliphatic heterocycles. The molecule has 1 atom stereocenters. The molecule has 3 nitrogen and oxygen atoms in total. The number of benzene rings is 1. The Morgan fingerprint density at radius 2 is 2.15 bits per heavy atom. The van der Waals surface area contributed by atoms with Crippen LogP contribution in [0.15, 0.2) is 30.3 Å². The average Bonchev–Trinajstić information content (AvgIpc) is 2.45. The maximum absolute atomic E-state index is 10.8. The van der Waals surface area contributed by atoms with E-state index >= 15 is 0 Å². The molecule has 0 aliphatic carbocycles. The lowest BCUT2D eigenvalue weighted by Crippen LogP contribution is -2.33. The van der Waals surface area contributed by atoms with Gasteiger partial charge in [-0.3, -0.25) is 9.78 Å². The zero-order chi connectivity index (χ0) is 14.2. The van der Waals surface area contributed by atoms with Gasteiger partial charge in [-0.1, -0.05) is 6.07 Å². The molecule has 20 heavy (non-hydrogen) atoms. The molecule has 0 bridgehead atoms. The Labute approximate surface area is 119 Å². The Balaban J connectivity index is 1.94. The number of carbonyl (C=O) groups excluding carboxylic acids is 1. The van der Waals surface area contributed by atoms with E-state index in [-0.39, 0.29) is 5.60 Å². The zero-order valence-corrected chi connectivity index (χ0v) is 11.9. The molecule has 1 unspecified atom stereocenters. The minimum atomic E-state index is -0.0685. The van der Waals surface area contributed by atoms with Crippen LogP contribution in [0.4, 0.5) is 0 Å². The fourth-order valence-electron chi connectivity index (χ4n) is 2.94. The SMILES string of the molecule is CC1(C)CC(c2ccc3cc(C=O)ccc3n2)CCO1. The Kier molecular flexibility index (Phi) is 3.30. The third kappa shape index (κ3) is 2.59. The van der Waals surface area contributed by atoms with Gasteiger partial charge in [0, 0.05) is 29.2 Å². The summed E-state index contributed by atoms with van der Waals surface area (Å²) in [4.78, 5) is 15.6. The number of carbonyl (C=O) groups is 1. The summed E-state index contributed by atoms with van der Waals surface area (Å²) in [6.45, 7) is 5.06. The van der Waals surface area contributed by atoms with Crippen molar-refractivity contribution in [2.45, 2.75) is 38.2 Å². The number of rotatable bonds is 2. The molecule has 1 aliphatic rings. The number of hydrogen-bond acceptors (Lipinski definition) is 3. The first-order chi connectivity index (χ1) is 9.57. The summed E-state index contributed by atoms with van der Waals surface area (Å²) >= 11 is 0. The summed E-state index contributed by atoms with van der Waals surface area (Å²) in [7, 11) is 0. The first kappa shape index (κ1) is 13.3. The van der Waals surface area contributed by atoms with E-state index < -0.39 is 0 Å². The number of ether oxygens (including phenoxy) is 1. The van der Waals surface area contributed by atoms with Crippen molar-refractivity contribution in [3.8, 4) is 0 Å². The van der Waals surface area contributed by atoms with E-state index in [0.29, 0.717) is 11.5 Å².